The second kappa shape index (κ2) is 12.7. The molecule has 1 N–H and O–H groups in total. The number of halogens is 1. The van der Waals surface area contributed by atoms with Gasteiger partial charge >= 0.3 is 5.97 Å². The van der Waals surface area contributed by atoms with E-state index >= 15 is 0 Å². The number of ether oxygens (including phenoxy) is 1. The van der Waals surface area contributed by atoms with Gasteiger partial charge in [-0.25, -0.2) is 4.79 Å². The normalized spacial score (nSPS) is 16.4. The minimum absolute atomic E-state index is 0. The van der Waals surface area contributed by atoms with Crippen LogP contribution in [0.25, 0.3) is 11.1 Å². The van der Waals surface area contributed by atoms with Crippen LogP contribution < -0.4 is 10.2 Å². The summed E-state index contributed by atoms with van der Waals surface area (Å²) in [5.74, 6) is -0.334. The SMILES string of the molecule is COC(=O)c1ccc(-c2ccc3c(c2)C(Nc2ccc(Cl)cc2)CC(C)N3C(C)=O)cc1.[U].[U]. The number of benzene rings is 3. The molecule has 1 aliphatic heterocycles. The Morgan fingerprint density at radius 3 is 2.18 bits per heavy atom. The van der Waals surface area contributed by atoms with Gasteiger partial charge in [-0.1, -0.05) is 29.8 Å². The van der Waals surface area contributed by atoms with Crippen molar-refractivity contribution < 1.29 is 76.6 Å². The van der Waals surface area contributed by atoms with Crippen molar-refractivity contribution in [2.75, 3.05) is 17.3 Å². The van der Waals surface area contributed by atoms with Gasteiger partial charge in [-0.05, 0) is 78.6 Å². The van der Waals surface area contributed by atoms with Gasteiger partial charge in [0.2, 0.25) is 5.91 Å². The van der Waals surface area contributed by atoms with Crippen molar-refractivity contribution >= 4 is 34.9 Å². The maximum Gasteiger partial charge on any atom is 0.337 e. The van der Waals surface area contributed by atoms with Gasteiger partial charge in [-0.2, -0.15) is 0 Å². The Hall–Kier alpha value is -1.21. The third kappa shape index (κ3) is 6.31. The molecule has 2 atom stereocenters. The quantitative estimate of drug-likeness (QED) is 0.323. The fourth-order valence-electron chi connectivity index (χ4n) is 4.32. The second-order valence-corrected chi connectivity index (χ2v) is 8.46. The van der Waals surface area contributed by atoms with Gasteiger partial charge in [-0.3, -0.25) is 4.79 Å². The van der Waals surface area contributed by atoms with E-state index in [0.717, 1.165) is 34.5 Å². The molecule has 0 radical (unpaired) electrons. The number of carbonyl (C=O) groups is 2. The van der Waals surface area contributed by atoms with Gasteiger partial charge in [0.25, 0.3) is 0 Å². The summed E-state index contributed by atoms with van der Waals surface area (Å²) >= 11 is 6.04. The standard InChI is InChI=1S/C26H25ClN2O3.2U/c1-16-14-24(28-22-11-9-21(27)10-12-22)23-15-20(8-13-25(23)29(16)17(2)30)18-4-6-19(7-5-18)26(31)32-3;;/h4-13,15-16,24,28H,14H2,1-3H3;;. The number of esters is 1. The van der Waals surface area contributed by atoms with Crippen LogP contribution in [-0.2, 0) is 9.53 Å². The number of anilines is 2. The molecule has 4 rings (SSSR count). The molecule has 1 aliphatic rings. The molecule has 0 spiro atoms. The molecule has 5 nitrogen and oxygen atoms in total. The Labute approximate surface area is 252 Å². The van der Waals surface area contributed by atoms with Crippen molar-refractivity contribution in [2.24, 2.45) is 0 Å². The van der Waals surface area contributed by atoms with Gasteiger partial charge < -0.3 is 15.0 Å². The van der Waals surface area contributed by atoms with Gasteiger partial charge in [0.15, 0.2) is 0 Å². The fraction of sp³-hybridized carbons (Fsp3) is 0.231. The Kier molecular flexibility index (Phi) is 10.8. The minimum atomic E-state index is -0.361. The maximum absolute atomic E-state index is 12.4. The third-order valence-electron chi connectivity index (χ3n) is 5.84. The monoisotopic (exact) mass is 924 g/mol. The molecule has 3 aromatic carbocycles. The number of nitrogens with zero attached hydrogens (tertiary/aromatic N) is 1. The first-order valence-corrected chi connectivity index (χ1v) is 10.9. The van der Waals surface area contributed by atoms with Crippen LogP contribution in [-0.4, -0.2) is 25.0 Å². The van der Waals surface area contributed by atoms with Crippen molar-refractivity contribution in [3.05, 3.63) is 82.9 Å². The molecular formula is C26H25ClN2O3U2. The molecule has 172 valence electrons. The molecule has 1 heterocycles. The van der Waals surface area contributed by atoms with Crippen LogP contribution in [0, 0.1) is 62.2 Å². The summed E-state index contributed by atoms with van der Waals surface area (Å²) in [6.45, 7) is 3.67. The van der Waals surface area contributed by atoms with E-state index in [-0.39, 0.29) is 86.2 Å². The Morgan fingerprint density at radius 2 is 1.59 bits per heavy atom. The molecule has 0 saturated carbocycles. The van der Waals surface area contributed by atoms with Crippen molar-refractivity contribution in [3.8, 4) is 11.1 Å². The van der Waals surface area contributed by atoms with Crippen molar-refractivity contribution in [3.63, 3.8) is 0 Å². The predicted octanol–water partition coefficient (Wildman–Crippen LogP) is 6.09. The van der Waals surface area contributed by atoms with Crippen LogP contribution in [0.2, 0.25) is 5.02 Å². The number of fused-ring (bicyclic) bond motifs is 1. The van der Waals surface area contributed by atoms with Gasteiger partial charge in [0.1, 0.15) is 0 Å². The van der Waals surface area contributed by atoms with Crippen LogP contribution in [0.5, 0.6) is 0 Å². The van der Waals surface area contributed by atoms with Crippen LogP contribution in [0.4, 0.5) is 11.4 Å². The molecule has 0 aromatic heterocycles. The summed E-state index contributed by atoms with van der Waals surface area (Å²) in [6, 6.07) is 21.2. The first kappa shape index (κ1) is 29.0. The summed E-state index contributed by atoms with van der Waals surface area (Å²) in [5.41, 5.74) is 5.45. The molecule has 8 heteroatoms. The fourth-order valence-corrected chi connectivity index (χ4v) is 4.45. The minimum Gasteiger partial charge on any atom is -0.465 e. The largest absolute Gasteiger partial charge is 0.465 e. The number of amides is 1. The van der Waals surface area contributed by atoms with Crippen LogP contribution in [0.15, 0.2) is 66.7 Å². The first-order chi connectivity index (χ1) is 15.4. The van der Waals surface area contributed by atoms with E-state index < -0.39 is 0 Å². The Balaban J connectivity index is 0.00000204. The van der Waals surface area contributed by atoms with E-state index in [9.17, 15) is 9.59 Å². The van der Waals surface area contributed by atoms with Crippen LogP contribution >= 0.6 is 11.6 Å². The number of hydrogen-bond acceptors (Lipinski definition) is 4. The molecule has 3 aromatic rings. The van der Waals surface area contributed by atoms with E-state index in [1.54, 1.807) is 19.1 Å². The van der Waals surface area contributed by atoms with Crippen molar-refractivity contribution in [2.45, 2.75) is 32.4 Å². The molecule has 0 bridgehead atoms. The number of carbonyl (C=O) groups excluding carboxylic acids is 2. The van der Waals surface area contributed by atoms with Crippen molar-refractivity contribution in [1.29, 1.82) is 0 Å². The molecule has 0 fully saturated rings. The third-order valence-corrected chi connectivity index (χ3v) is 6.10. The first-order valence-electron chi connectivity index (χ1n) is 10.5. The van der Waals surface area contributed by atoms with Crippen molar-refractivity contribution in [1.82, 2.24) is 0 Å². The maximum atomic E-state index is 12.4. The summed E-state index contributed by atoms with van der Waals surface area (Å²) in [4.78, 5) is 26.0. The average molecular weight is 925 g/mol. The molecular weight excluding hydrogens is 900 g/mol. The Bertz CT molecular complexity index is 1150. The van der Waals surface area contributed by atoms with Gasteiger partial charge in [0, 0.05) is 91.6 Å². The van der Waals surface area contributed by atoms with E-state index in [2.05, 4.69) is 18.3 Å². The van der Waals surface area contributed by atoms with Gasteiger partial charge in [0.05, 0.1) is 18.7 Å². The van der Waals surface area contributed by atoms with E-state index in [1.807, 2.05) is 53.4 Å². The molecule has 0 saturated heterocycles. The van der Waals surface area contributed by atoms with Crippen LogP contribution in [0.3, 0.4) is 0 Å². The molecule has 1 amide bonds. The molecule has 0 aliphatic carbocycles. The van der Waals surface area contributed by atoms with E-state index in [0.29, 0.717) is 10.6 Å². The molecule has 2 unspecified atom stereocenters. The smallest absolute Gasteiger partial charge is 0.337 e. The second-order valence-electron chi connectivity index (χ2n) is 8.02. The summed E-state index contributed by atoms with van der Waals surface area (Å²) in [5, 5.41) is 4.30. The number of nitrogens with one attached hydrogen (secondary N) is 1. The zero-order valence-electron chi connectivity index (χ0n) is 19.3. The average Bonchev–Trinajstić information content (AvgIpc) is 2.79. The number of methoxy groups -OCH3 is 1. The number of rotatable bonds is 4. The van der Waals surface area contributed by atoms with Crippen LogP contribution in [0.1, 0.15) is 42.2 Å². The summed E-state index contributed by atoms with van der Waals surface area (Å²) in [6.07, 6.45) is 0.778. The molecule has 34 heavy (non-hydrogen) atoms. The Morgan fingerprint density at radius 1 is 0.971 bits per heavy atom. The van der Waals surface area contributed by atoms with E-state index in [4.69, 9.17) is 16.3 Å². The topological polar surface area (TPSA) is 58.6 Å². The van der Waals surface area contributed by atoms with E-state index in [1.165, 1.54) is 7.11 Å². The zero-order chi connectivity index (χ0) is 22.8. The predicted molar refractivity (Wildman–Crippen MR) is 128 cm³/mol. The summed E-state index contributed by atoms with van der Waals surface area (Å²) < 4.78 is 4.79. The van der Waals surface area contributed by atoms with Gasteiger partial charge in [-0.15, -0.1) is 0 Å². The number of hydrogen-bond donors (Lipinski definition) is 1. The summed E-state index contributed by atoms with van der Waals surface area (Å²) in [7, 11) is 1.37. The zero-order valence-corrected chi connectivity index (χ0v) is 28.3.